The monoisotopic (exact) mass is 290 g/mol. The summed E-state index contributed by atoms with van der Waals surface area (Å²) in [6, 6.07) is 7.90. The summed E-state index contributed by atoms with van der Waals surface area (Å²) < 4.78 is 5.19. The maximum absolute atomic E-state index is 11.9. The highest BCUT2D eigenvalue weighted by atomic mass is 16.5. The highest BCUT2D eigenvalue weighted by Crippen LogP contribution is 2.14. The predicted octanol–water partition coefficient (Wildman–Crippen LogP) is 2.13. The molecule has 0 aliphatic carbocycles. The fourth-order valence-corrected chi connectivity index (χ4v) is 2.76. The standard InChI is InChI=1S/C17H26N2O2/c1-21-16-6-2-4-14(12-16)7-8-17(20)19-11-9-15-5-3-10-18-13-15/h2,4,6,12,15,18H,3,5,7-11,13H2,1H3,(H,19,20). The van der Waals surface area contributed by atoms with Gasteiger partial charge in [0.05, 0.1) is 7.11 Å². The molecule has 0 radical (unpaired) electrons. The first-order chi connectivity index (χ1) is 10.3. The second-order valence-corrected chi connectivity index (χ2v) is 5.70. The summed E-state index contributed by atoms with van der Waals surface area (Å²) in [5.41, 5.74) is 1.14. The van der Waals surface area contributed by atoms with Crippen LogP contribution in [-0.4, -0.2) is 32.7 Å². The minimum Gasteiger partial charge on any atom is -0.497 e. The Hall–Kier alpha value is -1.55. The summed E-state index contributed by atoms with van der Waals surface area (Å²) in [5.74, 6) is 1.71. The molecule has 1 aromatic carbocycles. The third-order valence-corrected chi connectivity index (χ3v) is 4.05. The van der Waals surface area contributed by atoms with E-state index in [1.807, 2.05) is 24.3 Å². The van der Waals surface area contributed by atoms with Gasteiger partial charge in [-0.15, -0.1) is 0 Å². The van der Waals surface area contributed by atoms with Gasteiger partial charge in [0, 0.05) is 13.0 Å². The molecular formula is C17H26N2O2. The van der Waals surface area contributed by atoms with Crippen molar-refractivity contribution in [3.63, 3.8) is 0 Å². The summed E-state index contributed by atoms with van der Waals surface area (Å²) in [7, 11) is 1.66. The average Bonchev–Trinajstić information content (AvgIpc) is 2.54. The van der Waals surface area contributed by atoms with Crippen LogP contribution in [0.15, 0.2) is 24.3 Å². The van der Waals surface area contributed by atoms with Gasteiger partial charge in [-0.2, -0.15) is 0 Å². The number of amides is 1. The fourth-order valence-electron chi connectivity index (χ4n) is 2.76. The molecular weight excluding hydrogens is 264 g/mol. The molecule has 1 fully saturated rings. The predicted molar refractivity (Wildman–Crippen MR) is 84.5 cm³/mol. The molecule has 0 saturated carbocycles. The quantitative estimate of drug-likeness (QED) is 0.809. The first-order valence-electron chi connectivity index (χ1n) is 7.88. The van der Waals surface area contributed by atoms with Gasteiger partial charge in [-0.25, -0.2) is 0 Å². The molecule has 0 bridgehead atoms. The number of methoxy groups -OCH3 is 1. The third kappa shape index (κ3) is 5.76. The van der Waals surface area contributed by atoms with Gasteiger partial charge in [-0.3, -0.25) is 4.79 Å². The second-order valence-electron chi connectivity index (χ2n) is 5.70. The maximum Gasteiger partial charge on any atom is 0.220 e. The van der Waals surface area contributed by atoms with Crippen molar-refractivity contribution in [2.45, 2.75) is 32.1 Å². The minimum atomic E-state index is 0.140. The molecule has 0 aromatic heterocycles. The zero-order valence-corrected chi connectivity index (χ0v) is 12.9. The maximum atomic E-state index is 11.9. The van der Waals surface area contributed by atoms with E-state index in [4.69, 9.17) is 4.74 Å². The molecule has 1 atom stereocenters. The fraction of sp³-hybridized carbons (Fsp3) is 0.588. The Morgan fingerprint density at radius 1 is 1.48 bits per heavy atom. The second kappa shape index (κ2) is 8.67. The molecule has 21 heavy (non-hydrogen) atoms. The minimum absolute atomic E-state index is 0.140. The number of carbonyl (C=O) groups excluding carboxylic acids is 1. The Labute approximate surface area is 127 Å². The lowest BCUT2D eigenvalue weighted by Gasteiger charge is -2.22. The van der Waals surface area contributed by atoms with Gasteiger partial charge < -0.3 is 15.4 Å². The Kier molecular flexibility index (Phi) is 6.54. The van der Waals surface area contributed by atoms with Crippen molar-refractivity contribution in [3.8, 4) is 5.75 Å². The molecule has 2 rings (SSSR count). The Morgan fingerprint density at radius 3 is 3.14 bits per heavy atom. The van der Waals surface area contributed by atoms with Crippen molar-refractivity contribution in [2.75, 3.05) is 26.7 Å². The average molecular weight is 290 g/mol. The van der Waals surface area contributed by atoms with E-state index in [1.54, 1.807) is 7.11 Å². The number of nitrogens with one attached hydrogen (secondary N) is 2. The van der Waals surface area contributed by atoms with Crippen LogP contribution in [0.3, 0.4) is 0 Å². The number of benzene rings is 1. The molecule has 1 unspecified atom stereocenters. The van der Waals surface area contributed by atoms with Crippen LogP contribution in [0.25, 0.3) is 0 Å². The number of carbonyl (C=O) groups is 1. The molecule has 1 aliphatic heterocycles. The van der Waals surface area contributed by atoms with Gasteiger partial charge in [-0.05, 0) is 62.4 Å². The van der Waals surface area contributed by atoms with Gasteiger partial charge >= 0.3 is 0 Å². The first kappa shape index (κ1) is 15.8. The van der Waals surface area contributed by atoms with Crippen LogP contribution in [0, 0.1) is 5.92 Å². The van der Waals surface area contributed by atoms with Crippen LogP contribution < -0.4 is 15.4 Å². The van der Waals surface area contributed by atoms with E-state index in [0.717, 1.165) is 49.7 Å². The van der Waals surface area contributed by atoms with Gasteiger partial charge in [-0.1, -0.05) is 12.1 Å². The largest absolute Gasteiger partial charge is 0.497 e. The number of hydrogen-bond acceptors (Lipinski definition) is 3. The van der Waals surface area contributed by atoms with Crippen LogP contribution >= 0.6 is 0 Å². The number of aryl methyl sites for hydroxylation is 1. The summed E-state index contributed by atoms with van der Waals surface area (Å²) in [5, 5.41) is 6.44. The highest BCUT2D eigenvalue weighted by Gasteiger charge is 2.12. The number of ether oxygens (including phenoxy) is 1. The van der Waals surface area contributed by atoms with E-state index in [0.29, 0.717) is 6.42 Å². The molecule has 1 aliphatic rings. The van der Waals surface area contributed by atoms with Crippen molar-refractivity contribution >= 4 is 5.91 Å². The zero-order chi connectivity index (χ0) is 14.9. The topological polar surface area (TPSA) is 50.4 Å². The van der Waals surface area contributed by atoms with E-state index in [2.05, 4.69) is 10.6 Å². The lowest BCUT2D eigenvalue weighted by atomic mass is 9.96. The van der Waals surface area contributed by atoms with Crippen molar-refractivity contribution in [1.29, 1.82) is 0 Å². The van der Waals surface area contributed by atoms with Crippen molar-refractivity contribution in [1.82, 2.24) is 10.6 Å². The van der Waals surface area contributed by atoms with Crippen molar-refractivity contribution < 1.29 is 9.53 Å². The van der Waals surface area contributed by atoms with E-state index < -0.39 is 0 Å². The third-order valence-electron chi connectivity index (χ3n) is 4.05. The van der Waals surface area contributed by atoms with Crippen LogP contribution in [0.1, 0.15) is 31.2 Å². The Bertz CT molecular complexity index is 442. The zero-order valence-electron chi connectivity index (χ0n) is 12.9. The molecule has 1 aromatic rings. The SMILES string of the molecule is COc1cccc(CCC(=O)NCCC2CCCNC2)c1. The van der Waals surface area contributed by atoms with Crippen LogP contribution in [0.4, 0.5) is 0 Å². The Balaban J connectivity index is 1.62. The summed E-state index contributed by atoms with van der Waals surface area (Å²) in [4.78, 5) is 11.9. The Morgan fingerprint density at radius 2 is 2.38 bits per heavy atom. The number of piperidine rings is 1. The van der Waals surface area contributed by atoms with E-state index in [9.17, 15) is 4.79 Å². The lowest BCUT2D eigenvalue weighted by Crippen LogP contribution is -2.33. The van der Waals surface area contributed by atoms with E-state index in [-0.39, 0.29) is 5.91 Å². The molecule has 4 heteroatoms. The van der Waals surface area contributed by atoms with E-state index in [1.165, 1.54) is 12.8 Å². The highest BCUT2D eigenvalue weighted by molar-refractivity contribution is 5.76. The van der Waals surface area contributed by atoms with Crippen LogP contribution in [0.2, 0.25) is 0 Å². The number of rotatable bonds is 7. The van der Waals surface area contributed by atoms with E-state index >= 15 is 0 Å². The van der Waals surface area contributed by atoms with Crippen LogP contribution in [0.5, 0.6) is 5.75 Å². The summed E-state index contributed by atoms with van der Waals surface area (Å²) in [6.07, 6.45) is 4.92. The van der Waals surface area contributed by atoms with Gasteiger partial charge in [0.2, 0.25) is 5.91 Å². The van der Waals surface area contributed by atoms with Crippen molar-refractivity contribution in [2.24, 2.45) is 5.92 Å². The molecule has 1 heterocycles. The number of hydrogen-bond donors (Lipinski definition) is 2. The smallest absolute Gasteiger partial charge is 0.220 e. The summed E-state index contributed by atoms with van der Waals surface area (Å²) in [6.45, 7) is 3.03. The molecule has 4 nitrogen and oxygen atoms in total. The van der Waals surface area contributed by atoms with Gasteiger partial charge in [0.15, 0.2) is 0 Å². The van der Waals surface area contributed by atoms with Gasteiger partial charge in [0.1, 0.15) is 5.75 Å². The molecule has 1 saturated heterocycles. The van der Waals surface area contributed by atoms with Gasteiger partial charge in [0.25, 0.3) is 0 Å². The molecule has 2 N–H and O–H groups in total. The molecule has 116 valence electrons. The lowest BCUT2D eigenvalue weighted by molar-refractivity contribution is -0.121. The molecule has 0 spiro atoms. The van der Waals surface area contributed by atoms with Crippen LogP contribution in [-0.2, 0) is 11.2 Å². The molecule has 1 amide bonds. The summed E-state index contributed by atoms with van der Waals surface area (Å²) >= 11 is 0. The normalized spacial score (nSPS) is 18.2. The van der Waals surface area contributed by atoms with Crippen molar-refractivity contribution in [3.05, 3.63) is 29.8 Å². The first-order valence-corrected chi connectivity index (χ1v) is 7.88.